The molecule has 0 aliphatic carbocycles. The molecule has 0 saturated carbocycles. The Morgan fingerprint density at radius 1 is 1.03 bits per heavy atom. The van der Waals surface area contributed by atoms with Crippen molar-refractivity contribution in [2.24, 2.45) is 7.05 Å². The molecule has 0 bridgehead atoms. The number of allylic oxidation sites excluding steroid dienone is 2. The van der Waals surface area contributed by atoms with Crippen LogP contribution in [0, 0.1) is 13.8 Å². The normalized spacial score (nSPS) is 11.3. The van der Waals surface area contributed by atoms with Crippen molar-refractivity contribution in [3.63, 3.8) is 0 Å². The number of benzene rings is 1. The molecule has 0 spiro atoms. The van der Waals surface area contributed by atoms with Crippen molar-refractivity contribution in [3.8, 4) is 11.5 Å². The number of carbonyl (C=O) groups is 2. The van der Waals surface area contributed by atoms with Crippen LogP contribution >= 0.6 is 0 Å². The second kappa shape index (κ2) is 11.1. The van der Waals surface area contributed by atoms with Gasteiger partial charge >= 0.3 is 0 Å². The van der Waals surface area contributed by atoms with Crippen LogP contribution in [0.4, 0.5) is 0 Å². The molecule has 0 fully saturated rings. The monoisotopic (exact) mass is 444 g/mol. The topological polar surface area (TPSA) is 70.4 Å². The Bertz CT molecular complexity index is 1190. The summed E-state index contributed by atoms with van der Waals surface area (Å²) in [6, 6.07) is 13.1. The van der Waals surface area contributed by atoms with E-state index in [4.69, 9.17) is 9.47 Å². The molecule has 0 aliphatic rings. The van der Waals surface area contributed by atoms with E-state index in [1.165, 1.54) is 12.2 Å². The third kappa shape index (κ3) is 6.53. The van der Waals surface area contributed by atoms with E-state index in [0.717, 1.165) is 22.6 Å². The highest BCUT2D eigenvalue weighted by Crippen LogP contribution is 2.26. The minimum atomic E-state index is -0.276. The van der Waals surface area contributed by atoms with Crippen LogP contribution in [-0.2, 0) is 23.2 Å². The van der Waals surface area contributed by atoms with Crippen LogP contribution in [0.3, 0.4) is 0 Å². The third-order valence-electron chi connectivity index (χ3n) is 5.26. The highest BCUT2D eigenvalue weighted by Gasteiger charge is 2.08. The second-order valence-corrected chi connectivity index (χ2v) is 7.70. The molecule has 0 atom stereocenters. The van der Waals surface area contributed by atoms with Gasteiger partial charge < -0.3 is 14.0 Å². The van der Waals surface area contributed by atoms with Crippen LogP contribution in [0.5, 0.6) is 11.5 Å². The number of rotatable bonds is 10. The lowest BCUT2D eigenvalue weighted by atomic mass is 10.1. The zero-order valence-electron chi connectivity index (χ0n) is 19.4. The van der Waals surface area contributed by atoms with Gasteiger partial charge in [-0.25, -0.2) is 0 Å². The van der Waals surface area contributed by atoms with Crippen molar-refractivity contribution in [2.75, 3.05) is 7.11 Å². The van der Waals surface area contributed by atoms with Gasteiger partial charge in [0.1, 0.15) is 18.1 Å². The summed E-state index contributed by atoms with van der Waals surface area (Å²) in [4.78, 5) is 28.7. The Hall–Kier alpha value is -3.93. The summed E-state index contributed by atoms with van der Waals surface area (Å²) >= 11 is 0. The summed E-state index contributed by atoms with van der Waals surface area (Å²) in [5, 5.41) is 0. The van der Waals surface area contributed by atoms with Crippen LogP contribution in [0.2, 0.25) is 0 Å². The SMILES string of the molecule is COc1cc(OCc2ccccn2)ccc1C=CC(=O)CC(=O)C=Cc1c(C)cc(C)n1C. The molecule has 6 heteroatoms. The maximum atomic E-state index is 12.3. The molecule has 1 aromatic carbocycles. The zero-order valence-corrected chi connectivity index (χ0v) is 19.4. The van der Waals surface area contributed by atoms with Gasteiger partial charge in [-0.3, -0.25) is 14.6 Å². The first-order valence-corrected chi connectivity index (χ1v) is 10.6. The van der Waals surface area contributed by atoms with Crippen molar-refractivity contribution in [3.05, 3.63) is 89.0 Å². The molecule has 0 saturated heterocycles. The molecule has 2 aromatic heterocycles. The minimum absolute atomic E-state index is 0.191. The van der Waals surface area contributed by atoms with Crippen molar-refractivity contribution >= 4 is 23.7 Å². The summed E-state index contributed by atoms with van der Waals surface area (Å²) in [5.74, 6) is 0.681. The number of pyridine rings is 1. The zero-order chi connectivity index (χ0) is 23.8. The number of aromatic nitrogens is 2. The molecule has 0 amide bonds. The summed E-state index contributed by atoms with van der Waals surface area (Å²) < 4.78 is 13.2. The Labute approximate surface area is 194 Å². The maximum absolute atomic E-state index is 12.3. The number of hydrogen-bond donors (Lipinski definition) is 0. The first-order valence-electron chi connectivity index (χ1n) is 10.6. The van der Waals surface area contributed by atoms with E-state index in [9.17, 15) is 9.59 Å². The number of carbonyl (C=O) groups excluding carboxylic acids is 2. The molecule has 6 nitrogen and oxygen atoms in total. The van der Waals surface area contributed by atoms with Crippen molar-refractivity contribution in [2.45, 2.75) is 26.9 Å². The minimum Gasteiger partial charge on any atom is -0.496 e. The van der Waals surface area contributed by atoms with Gasteiger partial charge in [-0.2, -0.15) is 0 Å². The van der Waals surface area contributed by atoms with Gasteiger partial charge in [-0.15, -0.1) is 0 Å². The van der Waals surface area contributed by atoms with Crippen molar-refractivity contribution in [1.82, 2.24) is 9.55 Å². The summed E-state index contributed by atoms with van der Waals surface area (Å²) in [6.45, 7) is 4.34. The fraction of sp³-hybridized carbons (Fsp3) is 0.222. The predicted octanol–water partition coefficient (Wildman–Crippen LogP) is 4.88. The van der Waals surface area contributed by atoms with Gasteiger partial charge in [0.15, 0.2) is 11.6 Å². The van der Waals surface area contributed by atoms with E-state index < -0.39 is 0 Å². The van der Waals surface area contributed by atoms with Crippen molar-refractivity contribution in [1.29, 1.82) is 0 Å². The average molecular weight is 445 g/mol. The van der Waals surface area contributed by atoms with E-state index in [-0.39, 0.29) is 18.0 Å². The fourth-order valence-electron chi connectivity index (χ4n) is 3.39. The average Bonchev–Trinajstić information content (AvgIpc) is 3.06. The molecule has 3 aromatic rings. The van der Waals surface area contributed by atoms with Crippen LogP contribution < -0.4 is 9.47 Å². The summed E-state index contributed by atoms with van der Waals surface area (Å²) in [6.07, 6.45) is 7.79. The highest BCUT2D eigenvalue weighted by atomic mass is 16.5. The first-order chi connectivity index (χ1) is 15.9. The lowest BCUT2D eigenvalue weighted by Gasteiger charge is -2.09. The molecule has 170 valence electrons. The van der Waals surface area contributed by atoms with E-state index in [1.807, 2.05) is 43.7 Å². The van der Waals surface area contributed by atoms with Crippen molar-refractivity contribution < 1.29 is 19.1 Å². The van der Waals surface area contributed by atoms with Crippen LogP contribution in [-0.4, -0.2) is 28.2 Å². The van der Waals surface area contributed by atoms with Crippen LogP contribution in [0.25, 0.3) is 12.2 Å². The van der Waals surface area contributed by atoms with Gasteiger partial charge in [0.2, 0.25) is 0 Å². The molecule has 0 unspecified atom stereocenters. The quantitative estimate of drug-likeness (QED) is 0.329. The summed E-state index contributed by atoms with van der Waals surface area (Å²) in [7, 11) is 3.50. The number of methoxy groups -OCH3 is 1. The Balaban J connectivity index is 1.59. The third-order valence-corrected chi connectivity index (χ3v) is 5.26. The van der Waals surface area contributed by atoms with Gasteiger partial charge in [-0.1, -0.05) is 6.07 Å². The Kier molecular flexibility index (Phi) is 7.97. The number of ether oxygens (including phenoxy) is 2. The molecule has 33 heavy (non-hydrogen) atoms. The predicted molar refractivity (Wildman–Crippen MR) is 129 cm³/mol. The lowest BCUT2D eigenvalue weighted by Crippen LogP contribution is -2.02. The molecule has 3 rings (SSSR count). The molecule has 0 N–H and O–H groups in total. The first kappa shape index (κ1) is 23.7. The van der Waals surface area contributed by atoms with E-state index in [0.29, 0.717) is 23.7 Å². The van der Waals surface area contributed by atoms with E-state index >= 15 is 0 Å². The molecule has 2 heterocycles. The fourth-order valence-corrected chi connectivity index (χ4v) is 3.39. The van der Waals surface area contributed by atoms with Crippen LogP contribution in [0.15, 0.2) is 60.8 Å². The Morgan fingerprint density at radius 2 is 1.79 bits per heavy atom. The van der Waals surface area contributed by atoms with Gasteiger partial charge in [-0.05, 0) is 74.0 Å². The molecular formula is C27H28N2O4. The largest absolute Gasteiger partial charge is 0.496 e. The lowest BCUT2D eigenvalue weighted by molar-refractivity contribution is -0.121. The van der Waals surface area contributed by atoms with Gasteiger partial charge in [0.05, 0.1) is 19.2 Å². The number of hydrogen-bond acceptors (Lipinski definition) is 5. The second-order valence-electron chi connectivity index (χ2n) is 7.70. The van der Waals surface area contributed by atoms with E-state index in [1.54, 1.807) is 43.7 Å². The van der Waals surface area contributed by atoms with Gasteiger partial charge in [0, 0.05) is 36.3 Å². The highest BCUT2D eigenvalue weighted by molar-refractivity contribution is 6.11. The standard InChI is InChI=1S/C27H28N2O4/c1-19-15-20(2)29(3)26(19)13-11-24(31)16-23(30)10-8-21-9-12-25(17-27(21)32-4)33-18-22-7-5-6-14-28-22/h5-15,17H,16,18H2,1-4H3. The molecular weight excluding hydrogens is 416 g/mol. The number of aryl methyl sites for hydroxylation is 2. The van der Waals surface area contributed by atoms with E-state index in [2.05, 4.69) is 11.1 Å². The number of nitrogens with zero attached hydrogens (tertiary/aromatic N) is 2. The van der Waals surface area contributed by atoms with Gasteiger partial charge in [0.25, 0.3) is 0 Å². The summed E-state index contributed by atoms with van der Waals surface area (Å²) in [5.41, 5.74) is 4.69. The molecule has 0 aliphatic heterocycles. The number of ketones is 2. The smallest absolute Gasteiger partial charge is 0.163 e. The maximum Gasteiger partial charge on any atom is 0.163 e. The molecule has 0 radical (unpaired) electrons. The Morgan fingerprint density at radius 3 is 2.42 bits per heavy atom. The van der Waals surface area contributed by atoms with Crippen LogP contribution in [0.1, 0.15) is 34.6 Å².